The molecule has 0 amide bonds. The Morgan fingerprint density at radius 1 is 0.628 bits per heavy atom. The van der Waals surface area contributed by atoms with Gasteiger partial charge in [-0.05, 0) is 32.1 Å². The quantitative estimate of drug-likeness (QED) is 0.0377. The minimum absolute atomic E-state index is 0.0282. The van der Waals surface area contributed by atoms with E-state index in [9.17, 15) is 30.0 Å². The molecule has 0 bridgehead atoms. The maximum atomic E-state index is 11.9. The molecule has 8 heteroatoms. The van der Waals surface area contributed by atoms with Gasteiger partial charge in [-0.2, -0.15) is 0 Å². The highest BCUT2D eigenvalue weighted by molar-refractivity contribution is 5.69. The Hall–Kier alpha value is -2.52. The van der Waals surface area contributed by atoms with E-state index in [1.54, 1.807) is 42.5 Å². The summed E-state index contributed by atoms with van der Waals surface area (Å²) in [6.45, 7) is 3.76. The summed E-state index contributed by atoms with van der Waals surface area (Å²) in [4.78, 5) is 23.8. The zero-order chi connectivity index (χ0) is 32.0. The SMILES string of the molecule is CC/C=C\C[C@@H](O)/C=C/C=C/C=C\C=C/[C@H](O)[C@@H](O)CCCC(=O)OC[C@H](O)COC(=O)CCCCCCCCCCC. The van der Waals surface area contributed by atoms with Crippen LogP contribution in [0.2, 0.25) is 0 Å². The van der Waals surface area contributed by atoms with E-state index < -0.39 is 30.4 Å². The van der Waals surface area contributed by atoms with Gasteiger partial charge in [-0.1, -0.05) is 126 Å². The molecule has 0 aromatic carbocycles. The molecule has 0 saturated carbocycles. The van der Waals surface area contributed by atoms with Crippen LogP contribution in [0.15, 0.2) is 60.8 Å². The number of esters is 2. The topological polar surface area (TPSA) is 134 Å². The summed E-state index contributed by atoms with van der Waals surface area (Å²) in [5, 5.41) is 39.8. The van der Waals surface area contributed by atoms with Crippen molar-refractivity contribution in [3.63, 3.8) is 0 Å². The molecule has 0 saturated heterocycles. The number of hydrogen-bond acceptors (Lipinski definition) is 8. The van der Waals surface area contributed by atoms with Crippen LogP contribution in [0.25, 0.3) is 0 Å². The van der Waals surface area contributed by atoms with Gasteiger partial charge in [-0.3, -0.25) is 9.59 Å². The predicted molar refractivity (Wildman–Crippen MR) is 172 cm³/mol. The lowest BCUT2D eigenvalue weighted by atomic mass is 10.1. The van der Waals surface area contributed by atoms with Crippen molar-refractivity contribution in [1.29, 1.82) is 0 Å². The molecule has 0 fully saturated rings. The van der Waals surface area contributed by atoms with Crippen molar-refractivity contribution in [3.8, 4) is 0 Å². The number of hydrogen-bond donors (Lipinski definition) is 4. The molecular weight excluding hydrogens is 548 g/mol. The molecule has 43 heavy (non-hydrogen) atoms. The van der Waals surface area contributed by atoms with Crippen LogP contribution in [0.5, 0.6) is 0 Å². The lowest BCUT2D eigenvalue weighted by molar-refractivity contribution is -0.152. The van der Waals surface area contributed by atoms with Gasteiger partial charge in [-0.15, -0.1) is 0 Å². The van der Waals surface area contributed by atoms with Gasteiger partial charge in [-0.25, -0.2) is 0 Å². The van der Waals surface area contributed by atoms with E-state index in [4.69, 9.17) is 9.47 Å². The molecule has 0 aliphatic carbocycles. The van der Waals surface area contributed by atoms with Crippen molar-refractivity contribution in [2.24, 2.45) is 0 Å². The molecule has 0 aliphatic rings. The zero-order valence-electron chi connectivity index (χ0n) is 26.5. The van der Waals surface area contributed by atoms with Crippen LogP contribution < -0.4 is 0 Å². The summed E-state index contributed by atoms with van der Waals surface area (Å²) < 4.78 is 10.1. The molecule has 0 unspecified atom stereocenters. The van der Waals surface area contributed by atoms with Gasteiger partial charge in [0.2, 0.25) is 0 Å². The standard InChI is InChI=1S/C35H58O8/c1-3-5-7-8-9-10-11-16-20-26-34(40)42-28-31(37)29-43-35(41)27-21-25-33(39)32(38)24-19-15-13-12-14-18-23-30(36)22-17-6-4-2/h6,12-15,17-19,23-24,30-33,36-39H,3-5,7-11,16,20-22,25-29H2,1-2H3/b14-12+,15-13-,17-6-,23-18+,24-19-/t30-,31-,32+,33+/m1/s1. The van der Waals surface area contributed by atoms with Crippen LogP contribution in [0.4, 0.5) is 0 Å². The first kappa shape index (κ1) is 40.5. The normalized spacial score (nSPS) is 15.2. The summed E-state index contributed by atoms with van der Waals surface area (Å²) >= 11 is 0. The van der Waals surface area contributed by atoms with Gasteiger partial charge in [0.25, 0.3) is 0 Å². The number of ether oxygens (including phenoxy) is 2. The summed E-state index contributed by atoms with van der Waals surface area (Å²) in [5.41, 5.74) is 0. The molecule has 246 valence electrons. The second kappa shape index (κ2) is 29.5. The Morgan fingerprint density at radius 2 is 1.14 bits per heavy atom. The highest BCUT2D eigenvalue weighted by atomic mass is 16.6. The molecule has 0 spiro atoms. The van der Waals surface area contributed by atoms with E-state index in [1.165, 1.54) is 44.6 Å². The Bertz CT molecular complexity index is 830. The summed E-state index contributed by atoms with van der Waals surface area (Å²) in [7, 11) is 0. The van der Waals surface area contributed by atoms with Crippen molar-refractivity contribution >= 4 is 11.9 Å². The van der Waals surface area contributed by atoms with E-state index in [-0.39, 0.29) is 32.0 Å². The molecule has 0 aromatic rings. The monoisotopic (exact) mass is 606 g/mol. The molecule has 0 aliphatic heterocycles. The van der Waals surface area contributed by atoms with Crippen molar-refractivity contribution in [2.75, 3.05) is 13.2 Å². The fourth-order valence-corrected chi connectivity index (χ4v) is 4.01. The average molecular weight is 607 g/mol. The predicted octanol–water partition coefficient (Wildman–Crippen LogP) is 6.19. The third kappa shape index (κ3) is 28.0. The van der Waals surface area contributed by atoms with Gasteiger partial charge in [0.15, 0.2) is 0 Å². The number of carbonyl (C=O) groups excluding carboxylic acids is 2. The Labute approximate surface area is 259 Å². The first-order valence-electron chi connectivity index (χ1n) is 16.2. The van der Waals surface area contributed by atoms with Crippen LogP contribution >= 0.6 is 0 Å². The van der Waals surface area contributed by atoms with Gasteiger partial charge >= 0.3 is 11.9 Å². The van der Waals surface area contributed by atoms with Crippen LogP contribution in [0, 0.1) is 0 Å². The average Bonchev–Trinajstić information content (AvgIpc) is 2.99. The number of aliphatic hydroxyl groups excluding tert-OH is 4. The Balaban J connectivity index is 3.91. The van der Waals surface area contributed by atoms with Crippen molar-refractivity contribution in [2.45, 2.75) is 135 Å². The zero-order valence-corrected chi connectivity index (χ0v) is 26.5. The summed E-state index contributed by atoms with van der Waals surface area (Å²) in [6.07, 6.45) is 26.6. The van der Waals surface area contributed by atoms with Crippen LogP contribution in [0.1, 0.15) is 110 Å². The second-order valence-electron chi connectivity index (χ2n) is 10.8. The number of unbranched alkanes of at least 4 members (excludes halogenated alkanes) is 8. The number of rotatable bonds is 27. The maximum Gasteiger partial charge on any atom is 0.305 e. The third-order valence-electron chi connectivity index (χ3n) is 6.61. The molecule has 4 N–H and O–H groups in total. The minimum atomic E-state index is -1.09. The molecule has 0 rings (SSSR count). The Kier molecular flexibility index (Phi) is 27.8. The van der Waals surface area contributed by atoms with Crippen molar-refractivity contribution < 1.29 is 39.5 Å². The summed E-state index contributed by atoms with van der Waals surface area (Å²) in [6, 6.07) is 0. The second-order valence-corrected chi connectivity index (χ2v) is 10.8. The summed E-state index contributed by atoms with van der Waals surface area (Å²) in [5.74, 6) is -0.896. The third-order valence-corrected chi connectivity index (χ3v) is 6.61. The minimum Gasteiger partial charge on any atom is -0.463 e. The van der Waals surface area contributed by atoms with Crippen molar-refractivity contribution in [1.82, 2.24) is 0 Å². The first-order chi connectivity index (χ1) is 20.8. The van der Waals surface area contributed by atoms with Gasteiger partial charge in [0.05, 0.1) is 18.3 Å². The lowest BCUT2D eigenvalue weighted by Crippen LogP contribution is -2.26. The number of aliphatic hydroxyl groups is 4. The maximum absolute atomic E-state index is 11.9. The fourth-order valence-electron chi connectivity index (χ4n) is 4.01. The van der Waals surface area contributed by atoms with Gasteiger partial charge in [0, 0.05) is 12.8 Å². The van der Waals surface area contributed by atoms with E-state index >= 15 is 0 Å². The van der Waals surface area contributed by atoms with Crippen LogP contribution in [-0.2, 0) is 19.1 Å². The number of carbonyl (C=O) groups is 2. The molecule has 0 radical (unpaired) electrons. The Morgan fingerprint density at radius 3 is 1.72 bits per heavy atom. The van der Waals surface area contributed by atoms with Crippen molar-refractivity contribution in [3.05, 3.63) is 60.8 Å². The highest BCUT2D eigenvalue weighted by Crippen LogP contribution is 2.11. The first-order valence-corrected chi connectivity index (χ1v) is 16.2. The molecule has 0 aromatic heterocycles. The van der Waals surface area contributed by atoms with Gasteiger partial charge in [0.1, 0.15) is 19.3 Å². The van der Waals surface area contributed by atoms with Gasteiger partial charge < -0.3 is 29.9 Å². The van der Waals surface area contributed by atoms with E-state index in [0.29, 0.717) is 19.3 Å². The largest absolute Gasteiger partial charge is 0.463 e. The fraction of sp³-hybridized carbons (Fsp3) is 0.657. The van der Waals surface area contributed by atoms with E-state index in [1.807, 2.05) is 19.1 Å². The number of allylic oxidation sites excluding steroid dienone is 7. The van der Waals surface area contributed by atoms with E-state index in [0.717, 1.165) is 25.7 Å². The molecular formula is C35H58O8. The highest BCUT2D eigenvalue weighted by Gasteiger charge is 2.15. The van der Waals surface area contributed by atoms with E-state index in [2.05, 4.69) is 6.92 Å². The lowest BCUT2D eigenvalue weighted by Gasteiger charge is -2.14. The molecule has 4 atom stereocenters. The van der Waals surface area contributed by atoms with Crippen LogP contribution in [0.3, 0.4) is 0 Å². The molecule has 8 nitrogen and oxygen atoms in total. The van der Waals surface area contributed by atoms with Crippen LogP contribution in [-0.4, -0.2) is 70.0 Å². The smallest absolute Gasteiger partial charge is 0.305 e. The molecule has 0 heterocycles.